The van der Waals surface area contributed by atoms with Gasteiger partial charge in [-0.05, 0) is 12.1 Å². The molecule has 9 nitrogen and oxygen atoms in total. The van der Waals surface area contributed by atoms with Gasteiger partial charge >= 0.3 is 6.03 Å². The number of benzene rings is 1. The van der Waals surface area contributed by atoms with Crippen molar-refractivity contribution in [2.45, 2.75) is 25.0 Å². The van der Waals surface area contributed by atoms with Crippen LogP contribution in [0.1, 0.15) is 19.3 Å². The first-order chi connectivity index (χ1) is 14.0. The molecule has 0 unspecified atom stereocenters. The number of hydrogen-bond acceptors (Lipinski definition) is 6. The highest BCUT2D eigenvalue weighted by molar-refractivity contribution is 6.09. The molecule has 0 atom stereocenters. The number of fused-ring (bicyclic) bond motifs is 1. The maximum Gasteiger partial charge on any atom is 0.329 e. The molecule has 1 aromatic heterocycles. The minimum absolute atomic E-state index is 0.185. The van der Waals surface area contributed by atoms with Gasteiger partial charge in [0.25, 0.3) is 0 Å². The minimum atomic E-state index is -0.538. The van der Waals surface area contributed by atoms with E-state index in [4.69, 9.17) is 9.47 Å². The van der Waals surface area contributed by atoms with E-state index in [1.807, 2.05) is 4.90 Å². The van der Waals surface area contributed by atoms with Gasteiger partial charge in [-0.2, -0.15) is 5.10 Å². The molecule has 29 heavy (non-hydrogen) atoms. The monoisotopic (exact) mass is 403 g/mol. The molecule has 10 heteroatoms. The molecule has 1 spiro atoms. The normalized spacial score (nSPS) is 22.0. The maximum absolute atomic E-state index is 15.1. The van der Waals surface area contributed by atoms with Crippen LogP contribution in [-0.2, 0) is 21.3 Å². The van der Waals surface area contributed by atoms with Gasteiger partial charge in [0.1, 0.15) is 5.82 Å². The number of ether oxygens (including phenoxy) is 2. The van der Waals surface area contributed by atoms with E-state index < -0.39 is 11.8 Å². The minimum Gasteiger partial charge on any atom is -0.369 e. The largest absolute Gasteiger partial charge is 0.369 e. The number of nitrogens with zero attached hydrogens (tertiary/aromatic N) is 4. The SMILES string of the molecule is Cn1nc(N2CCC(=O)NC2=O)c2cc(F)c(N3CCC4(CC3)OCCO4)cc21. The first-order valence-electron chi connectivity index (χ1n) is 9.76. The van der Waals surface area contributed by atoms with Crippen molar-refractivity contribution >= 4 is 34.3 Å². The van der Waals surface area contributed by atoms with Crippen LogP contribution in [0, 0.1) is 5.82 Å². The summed E-state index contributed by atoms with van der Waals surface area (Å²) < 4.78 is 28.2. The van der Waals surface area contributed by atoms with Crippen molar-refractivity contribution in [3.63, 3.8) is 0 Å². The number of nitrogens with one attached hydrogen (secondary N) is 1. The average molecular weight is 403 g/mol. The van der Waals surface area contributed by atoms with Gasteiger partial charge in [0.05, 0.1) is 24.4 Å². The Balaban J connectivity index is 1.45. The molecule has 0 aliphatic carbocycles. The van der Waals surface area contributed by atoms with Crippen LogP contribution < -0.4 is 15.1 Å². The number of carbonyl (C=O) groups is 2. The molecule has 4 heterocycles. The molecular formula is C19H22FN5O4. The lowest BCUT2D eigenvalue weighted by Gasteiger charge is -2.38. The Morgan fingerprint density at radius 2 is 1.86 bits per heavy atom. The van der Waals surface area contributed by atoms with Crippen molar-refractivity contribution in [3.8, 4) is 0 Å². The summed E-state index contributed by atoms with van der Waals surface area (Å²) in [6, 6.07) is 2.65. The number of aromatic nitrogens is 2. The molecule has 0 saturated carbocycles. The number of urea groups is 1. The number of amides is 3. The summed E-state index contributed by atoms with van der Waals surface area (Å²) in [6.45, 7) is 2.68. The fraction of sp³-hybridized carbons (Fsp3) is 0.526. The van der Waals surface area contributed by atoms with Gasteiger partial charge in [0.15, 0.2) is 11.6 Å². The molecule has 0 radical (unpaired) electrons. The number of imide groups is 1. The summed E-state index contributed by atoms with van der Waals surface area (Å²) in [5, 5.41) is 7.23. The Hall–Kier alpha value is -2.72. The highest BCUT2D eigenvalue weighted by Crippen LogP contribution is 2.37. The first kappa shape index (κ1) is 18.3. The van der Waals surface area contributed by atoms with Crippen LogP contribution in [-0.4, -0.2) is 60.4 Å². The van der Waals surface area contributed by atoms with Crippen molar-refractivity contribution in [2.24, 2.45) is 7.05 Å². The average Bonchev–Trinajstić information content (AvgIpc) is 3.27. The van der Waals surface area contributed by atoms with E-state index >= 15 is 4.39 Å². The molecule has 3 amide bonds. The zero-order valence-electron chi connectivity index (χ0n) is 16.1. The third-order valence-electron chi connectivity index (χ3n) is 5.89. The van der Waals surface area contributed by atoms with E-state index in [1.54, 1.807) is 17.8 Å². The fourth-order valence-corrected chi connectivity index (χ4v) is 4.33. The summed E-state index contributed by atoms with van der Waals surface area (Å²) in [6.07, 6.45) is 1.55. The van der Waals surface area contributed by atoms with E-state index in [0.717, 1.165) is 5.52 Å². The van der Waals surface area contributed by atoms with E-state index in [-0.39, 0.29) is 24.7 Å². The van der Waals surface area contributed by atoms with Gasteiger partial charge in [-0.3, -0.25) is 19.7 Å². The summed E-state index contributed by atoms with van der Waals surface area (Å²) in [7, 11) is 1.76. The summed E-state index contributed by atoms with van der Waals surface area (Å²) in [5.41, 5.74) is 1.22. The van der Waals surface area contributed by atoms with Gasteiger partial charge < -0.3 is 14.4 Å². The van der Waals surface area contributed by atoms with Crippen molar-refractivity contribution in [1.29, 1.82) is 0 Å². The van der Waals surface area contributed by atoms with Gasteiger partial charge in [0, 0.05) is 51.3 Å². The van der Waals surface area contributed by atoms with Gasteiger partial charge in [0.2, 0.25) is 5.91 Å². The Labute approximate surface area is 166 Å². The van der Waals surface area contributed by atoms with Crippen LogP contribution in [0.5, 0.6) is 0 Å². The van der Waals surface area contributed by atoms with Crippen LogP contribution in [0.25, 0.3) is 10.9 Å². The molecule has 5 rings (SSSR count). The lowest BCUT2D eigenvalue weighted by Crippen LogP contribution is -2.49. The van der Waals surface area contributed by atoms with Crippen molar-refractivity contribution < 1.29 is 23.5 Å². The number of anilines is 2. The number of aryl methyl sites for hydroxylation is 1. The van der Waals surface area contributed by atoms with E-state index in [0.29, 0.717) is 56.0 Å². The number of hydrogen-bond donors (Lipinski definition) is 1. The molecule has 3 aliphatic heterocycles. The second kappa shape index (κ2) is 6.67. The van der Waals surface area contributed by atoms with Crippen molar-refractivity contribution in [3.05, 3.63) is 17.9 Å². The Kier molecular flexibility index (Phi) is 4.21. The molecule has 3 fully saturated rings. The van der Waals surface area contributed by atoms with E-state index in [9.17, 15) is 9.59 Å². The van der Waals surface area contributed by atoms with Gasteiger partial charge in [-0.15, -0.1) is 0 Å². The number of piperidine rings is 1. The number of rotatable bonds is 2. The second-order valence-corrected chi connectivity index (χ2v) is 7.62. The predicted molar refractivity (Wildman–Crippen MR) is 102 cm³/mol. The first-order valence-corrected chi connectivity index (χ1v) is 9.76. The smallest absolute Gasteiger partial charge is 0.329 e. The summed E-state index contributed by atoms with van der Waals surface area (Å²) >= 11 is 0. The van der Waals surface area contributed by atoms with E-state index in [2.05, 4.69) is 10.4 Å². The maximum atomic E-state index is 15.1. The molecule has 3 saturated heterocycles. The van der Waals surface area contributed by atoms with Crippen LogP contribution >= 0.6 is 0 Å². The lowest BCUT2D eigenvalue weighted by molar-refractivity contribution is -0.169. The third-order valence-corrected chi connectivity index (χ3v) is 5.89. The predicted octanol–water partition coefficient (Wildman–Crippen LogP) is 1.50. The Morgan fingerprint density at radius 3 is 2.55 bits per heavy atom. The molecule has 3 aliphatic rings. The van der Waals surface area contributed by atoms with Crippen LogP contribution in [0.4, 0.5) is 20.7 Å². The van der Waals surface area contributed by atoms with Crippen LogP contribution in [0.2, 0.25) is 0 Å². The fourth-order valence-electron chi connectivity index (χ4n) is 4.33. The quantitative estimate of drug-likeness (QED) is 0.818. The van der Waals surface area contributed by atoms with E-state index in [1.165, 1.54) is 11.0 Å². The third kappa shape index (κ3) is 3.03. The van der Waals surface area contributed by atoms with Crippen molar-refractivity contribution in [2.75, 3.05) is 42.6 Å². The van der Waals surface area contributed by atoms with Crippen LogP contribution in [0.15, 0.2) is 12.1 Å². The van der Waals surface area contributed by atoms with Gasteiger partial charge in [-0.25, -0.2) is 9.18 Å². The molecule has 2 aromatic rings. The number of carbonyl (C=O) groups excluding carboxylic acids is 2. The second-order valence-electron chi connectivity index (χ2n) is 7.62. The topological polar surface area (TPSA) is 88.9 Å². The molecule has 1 N–H and O–H groups in total. The molecular weight excluding hydrogens is 381 g/mol. The highest BCUT2D eigenvalue weighted by Gasteiger charge is 2.40. The standard InChI is InChI=1S/C19H22FN5O4/c1-23-14-11-15(24-6-3-19(4-7-24)28-8-9-29-19)13(20)10-12(14)17(22-23)25-5-2-16(26)21-18(25)27/h10-11H,2-9H2,1H3,(H,21,26,27). The summed E-state index contributed by atoms with van der Waals surface area (Å²) in [4.78, 5) is 27.0. The number of halogens is 1. The van der Waals surface area contributed by atoms with Crippen molar-refractivity contribution in [1.82, 2.24) is 15.1 Å². The molecule has 1 aromatic carbocycles. The Bertz CT molecular complexity index is 990. The summed E-state index contributed by atoms with van der Waals surface area (Å²) in [5.74, 6) is -0.860. The van der Waals surface area contributed by atoms with Gasteiger partial charge in [-0.1, -0.05) is 0 Å². The lowest BCUT2D eigenvalue weighted by atomic mass is 10.0. The molecule has 154 valence electrons. The zero-order valence-corrected chi connectivity index (χ0v) is 16.1. The van der Waals surface area contributed by atoms with Crippen LogP contribution in [0.3, 0.4) is 0 Å². The Morgan fingerprint density at radius 1 is 1.14 bits per heavy atom. The highest BCUT2D eigenvalue weighted by atomic mass is 19.1. The zero-order chi connectivity index (χ0) is 20.2. The molecule has 0 bridgehead atoms.